The zero-order valence-corrected chi connectivity index (χ0v) is 22.0. The van der Waals surface area contributed by atoms with Crippen molar-refractivity contribution >= 4 is 56.2 Å². The maximum Gasteiger partial charge on any atom is 0.320 e. The molecule has 0 aliphatic carbocycles. The number of fused-ring (bicyclic) bond motifs is 1. The van der Waals surface area contributed by atoms with E-state index in [2.05, 4.69) is 48.4 Å². The number of carbonyl (C=O) groups is 2. The average Bonchev–Trinajstić information content (AvgIpc) is 2.82. The molecule has 0 saturated carbocycles. The second kappa shape index (κ2) is 13.4. The Labute approximate surface area is 218 Å². The van der Waals surface area contributed by atoms with E-state index in [1.807, 2.05) is 48.3 Å². The van der Waals surface area contributed by atoms with Crippen molar-refractivity contribution in [3.63, 3.8) is 0 Å². The summed E-state index contributed by atoms with van der Waals surface area (Å²) in [5, 5.41) is 6.66. The standard InChI is InChI=1S/C26H28BrN5O4/c1-4-8-23(33)30-26-29-22-16-20(36-14-7-13-32(3)17-24(34)35-5-2)11-12-21(22)25(31-26)28-19-10-6-9-18(27)15-19/h6,9-12,15-16H,5,7,13-14,17H2,1-3H3,(H2,28,29,30,31,33). The first-order chi connectivity index (χ1) is 17.4. The lowest BCUT2D eigenvalue weighted by Gasteiger charge is -2.16. The highest BCUT2D eigenvalue weighted by atomic mass is 79.9. The number of rotatable bonds is 11. The molecule has 0 aliphatic rings. The van der Waals surface area contributed by atoms with Crippen molar-refractivity contribution in [1.82, 2.24) is 14.9 Å². The summed E-state index contributed by atoms with van der Waals surface area (Å²) in [6.45, 7) is 5.13. The first-order valence-corrected chi connectivity index (χ1v) is 12.2. The van der Waals surface area contributed by atoms with Crippen molar-refractivity contribution in [3.05, 3.63) is 46.9 Å². The highest BCUT2D eigenvalue weighted by Gasteiger charge is 2.12. The van der Waals surface area contributed by atoms with Gasteiger partial charge in [-0.05, 0) is 63.6 Å². The number of ether oxygens (including phenoxy) is 2. The fourth-order valence-electron chi connectivity index (χ4n) is 3.33. The van der Waals surface area contributed by atoms with Crippen LogP contribution in [0, 0.1) is 11.8 Å². The molecule has 0 fully saturated rings. The van der Waals surface area contributed by atoms with Crippen LogP contribution in [-0.2, 0) is 14.3 Å². The Hall–Kier alpha value is -3.68. The smallest absolute Gasteiger partial charge is 0.320 e. The van der Waals surface area contributed by atoms with Crippen molar-refractivity contribution in [2.24, 2.45) is 0 Å². The van der Waals surface area contributed by atoms with Crippen LogP contribution in [0.5, 0.6) is 5.75 Å². The van der Waals surface area contributed by atoms with Gasteiger partial charge in [0.25, 0.3) is 0 Å². The number of nitrogens with zero attached hydrogens (tertiary/aromatic N) is 3. The van der Waals surface area contributed by atoms with Gasteiger partial charge in [0, 0.05) is 28.2 Å². The number of amides is 1. The monoisotopic (exact) mass is 553 g/mol. The average molecular weight is 554 g/mol. The Balaban J connectivity index is 1.75. The third-order valence-electron chi connectivity index (χ3n) is 4.88. The summed E-state index contributed by atoms with van der Waals surface area (Å²) in [6.07, 6.45) is 0.727. The molecule has 0 bridgehead atoms. The van der Waals surface area contributed by atoms with Crippen LogP contribution in [-0.4, -0.2) is 60.1 Å². The van der Waals surface area contributed by atoms with E-state index >= 15 is 0 Å². The number of benzene rings is 2. The van der Waals surface area contributed by atoms with Gasteiger partial charge in [0.2, 0.25) is 5.95 Å². The minimum Gasteiger partial charge on any atom is -0.493 e. The Morgan fingerprint density at radius 3 is 2.75 bits per heavy atom. The van der Waals surface area contributed by atoms with Crippen LogP contribution < -0.4 is 15.4 Å². The minimum absolute atomic E-state index is 0.130. The van der Waals surface area contributed by atoms with Gasteiger partial charge in [-0.3, -0.25) is 19.8 Å². The van der Waals surface area contributed by atoms with E-state index in [1.165, 1.54) is 0 Å². The maximum absolute atomic E-state index is 12.0. The molecule has 3 rings (SSSR count). The van der Waals surface area contributed by atoms with Crippen LogP contribution in [0.3, 0.4) is 0 Å². The van der Waals surface area contributed by atoms with Crippen molar-refractivity contribution in [2.75, 3.05) is 44.0 Å². The normalized spacial score (nSPS) is 10.5. The number of hydrogen-bond acceptors (Lipinski definition) is 8. The van der Waals surface area contributed by atoms with Gasteiger partial charge in [-0.15, -0.1) is 0 Å². The fraction of sp³-hybridized carbons (Fsp3) is 0.308. The third-order valence-corrected chi connectivity index (χ3v) is 5.37. The van der Waals surface area contributed by atoms with Crippen molar-refractivity contribution in [1.29, 1.82) is 0 Å². The van der Waals surface area contributed by atoms with Gasteiger partial charge < -0.3 is 14.8 Å². The van der Waals surface area contributed by atoms with Crippen molar-refractivity contribution in [3.8, 4) is 17.6 Å². The summed E-state index contributed by atoms with van der Waals surface area (Å²) in [4.78, 5) is 34.5. The lowest BCUT2D eigenvalue weighted by molar-refractivity contribution is -0.144. The molecule has 3 aromatic rings. The molecule has 0 radical (unpaired) electrons. The van der Waals surface area contributed by atoms with E-state index in [4.69, 9.17) is 9.47 Å². The van der Waals surface area contributed by atoms with Gasteiger partial charge in [0.1, 0.15) is 11.6 Å². The molecule has 9 nitrogen and oxygen atoms in total. The molecule has 0 unspecified atom stereocenters. The Morgan fingerprint density at radius 1 is 1.17 bits per heavy atom. The molecule has 0 aliphatic heterocycles. The summed E-state index contributed by atoms with van der Waals surface area (Å²) < 4.78 is 11.8. The molecule has 1 amide bonds. The highest BCUT2D eigenvalue weighted by Crippen LogP contribution is 2.29. The van der Waals surface area contributed by atoms with E-state index in [1.54, 1.807) is 19.9 Å². The van der Waals surface area contributed by atoms with Crippen LogP contribution in [0.1, 0.15) is 20.3 Å². The van der Waals surface area contributed by atoms with E-state index < -0.39 is 5.91 Å². The Morgan fingerprint density at radius 2 is 2.00 bits per heavy atom. The predicted molar refractivity (Wildman–Crippen MR) is 143 cm³/mol. The van der Waals surface area contributed by atoms with Gasteiger partial charge >= 0.3 is 11.9 Å². The molecule has 0 spiro atoms. The van der Waals surface area contributed by atoms with Crippen LogP contribution in [0.2, 0.25) is 0 Å². The van der Waals surface area contributed by atoms with Crippen LogP contribution in [0.15, 0.2) is 46.9 Å². The van der Waals surface area contributed by atoms with Crippen LogP contribution >= 0.6 is 15.9 Å². The van der Waals surface area contributed by atoms with Gasteiger partial charge in [0.15, 0.2) is 0 Å². The SMILES string of the molecule is CC#CC(=O)Nc1nc(Nc2cccc(Br)c2)c2ccc(OCCCN(C)CC(=O)OCC)cc2n1. The number of anilines is 3. The van der Waals surface area contributed by atoms with Crippen molar-refractivity contribution in [2.45, 2.75) is 20.3 Å². The molecule has 10 heteroatoms. The Kier molecular flexibility index (Phi) is 10.0. The molecule has 1 heterocycles. The van der Waals surface area contributed by atoms with E-state index in [0.717, 1.165) is 22.0 Å². The number of hydrogen-bond donors (Lipinski definition) is 2. The summed E-state index contributed by atoms with van der Waals surface area (Å²) >= 11 is 3.47. The lowest BCUT2D eigenvalue weighted by Crippen LogP contribution is -2.29. The molecule has 0 atom stereocenters. The maximum atomic E-state index is 12.0. The molecule has 0 saturated heterocycles. The minimum atomic E-state index is -0.496. The molecule has 2 N–H and O–H groups in total. The van der Waals surface area contributed by atoms with E-state index in [-0.39, 0.29) is 18.5 Å². The summed E-state index contributed by atoms with van der Waals surface area (Å²) in [7, 11) is 1.86. The van der Waals surface area contributed by atoms with Gasteiger partial charge in [0.05, 0.1) is 25.3 Å². The van der Waals surface area contributed by atoms with E-state index in [0.29, 0.717) is 36.8 Å². The zero-order valence-electron chi connectivity index (χ0n) is 20.4. The van der Waals surface area contributed by atoms with Crippen LogP contribution in [0.25, 0.3) is 10.9 Å². The number of halogens is 1. The molecule has 1 aromatic heterocycles. The zero-order chi connectivity index (χ0) is 25.9. The first kappa shape index (κ1) is 26.9. The fourth-order valence-corrected chi connectivity index (χ4v) is 3.73. The largest absolute Gasteiger partial charge is 0.493 e. The van der Waals surface area contributed by atoms with Gasteiger partial charge in [-0.25, -0.2) is 4.98 Å². The molecule has 36 heavy (non-hydrogen) atoms. The second-order valence-corrected chi connectivity index (χ2v) is 8.70. The number of esters is 1. The molecular formula is C26H28BrN5O4. The molecular weight excluding hydrogens is 526 g/mol. The summed E-state index contributed by atoms with van der Waals surface area (Å²) in [5.41, 5.74) is 1.42. The quantitative estimate of drug-likeness (QED) is 0.205. The van der Waals surface area contributed by atoms with Crippen molar-refractivity contribution < 1.29 is 19.1 Å². The molecule has 2 aromatic carbocycles. The number of carbonyl (C=O) groups excluding carboxylic acids is 2. The summed E-state index contributed by atoms with van der Waals surface area (Å²) in [5.74, 6) is 5.55. The topological polar surface area (TPSA) is 106 Å². The number of nitrogens with one attached hydrogen (secondary N) is 2. The Bertz CT molecular complexity index is 1290. The van der Waals surface area contributed by atoms with Crippen LogP contribution in [0.4, 0.5) is 17.5 Å². The summed E-state index contributed by atoms with van der Waals surface area (Å²) in [6, 6.07) is 13.2. The lowest BCUT2D eigenvalue weighted by atomic mass is 10.2. The number of likely N-dealkylation sites (N-methyl/N-ethyl adjacent to an activating group) is 1. The van der Waals surface area contributed by atoms with Gasteiger partial charge in [-0.2, -0.15) is 4.98 Å². The van der Waals surface area contributed by atoms with Gasteiger partial charge in [-0.1, -0.05) is 27.9 Å². The first-order valence-electron chi connectivity index (χ1n) is 11.4. The predicted octanol–water partition coefficient (Wildman–Crippen LogP) is 4.36. The highest BCUT2D eigenvalue weighted by molar-refractivity contribution is 9.10. The number of aromatic nitrogens is 2. The van der Waals surface area contributed by atoms with E-state index in [9.17, 15) is 9.59 Å². The second-order valence-electron chi connectivity index (χ2n) is 7.78. The third kappa shape index (κ3) is 8.22. The molecule has 188 valence electrons.